The average molecular weight is 309 g/mol. The van der Waals surface area contributed by atoms with Crippen LogP contribution in [0.4, 0.5) is 5.69 Å². The molecule has 0 aliphatic carbocycles. The third kappa shape index (κ3) is 2.99. The van der Waals surface area contributed by atoms with Crippen LogP contribution in [0.1, 0.15) is 34.5 Å². The predicted molar refractivity (Wildman–Crippen MR) is 78.2 cm³/mol. The number of carbonyl (C=O) groups is 3. The van der Waals surface area contributed by atoms with Crippen LogP contribution in [0.15, 0.2) is 12.1 Å². The van der Waals surface area contributed by atoms with Gasteiger partial charge < -0.3 is 15.5 Å². The van der Waals surface area contributed by atoms with Crippen molar-refractivity contribution in [1.29, 1.82) is 0 Å². The molecule has 0 bridgehead atoms. The Balaban J connectivity index is 2.36. The highest BCUT2D eigenvalue weighted by Crippen LogP contribution is 2.34. The fourth-order valence-corrected chi connectivity index (χ4v) is 2.82. The summed E-state index contributed by atoms with van der Waals surface area (Å²) in [5.74, 6) is -1.47. The molecule has 2 rings (SSSR count). The van der Waals surface area contributed by atoms with Gasteiger partial charge in [0.2, 0.25) is 0 Å². The Morgan fingerprint density at radius 2 is 2.00 bits per heavy atom. The normalized spacial score (nSPS) is 16.4. The number of nitrogens with one attached hydrogen (secondary N) is 1. The summed E-state index contributed by atoms with van der Waals surface area (Å²) in [5, 5.41) is 22.5. The Labute approximate surface area is 125 Å². The van der Waals surface area contributed by atoms with Gasteiger partial charge in [0.1, 0.15) is 6.10 Å². The Morgan fingerprint density at radius 3 is 2.62 bits per heavy atom. The van der Waals surface area contributed by atoms with Gasteiger partial charge in [0.25, 0.3) is 11.7 Å². The molecule has 1 aliphatic heterocycles. The highest BCUT2D eigenvalue weighted by molar-refractivity contribution is 8.13. The zero-order valence-electron chi connectivity index (χ0n) is 11.5. The molecule has 0 aromatic heterocycles. The molecule has 21 heavy (non-hydrogen) atoms. The van der Waals surface area contributed by atoms with E-state index in [0.29, 0.717) is 11.3 Å². The molecule has 1 aliphatic rings. The standard InChI is InChI=1S/C14H15NO5S/c1-6-3-4-8-11(13(19)14(20)15-8)10(6)12(18)9(17)5-21-7(2)16/h3-4,9,12,17-18H,5H2,1-2H3,(H,15,19,20). The van der Waals surface area contributed by atoms with E-state index in [-0.39, 0.29) is 22.0 Å². The lowest BCUT2D eigenvalue weighted by Gasteiger charge is -2.21. The van der Waals surface area contributed by atoms with Gasteiger partial charge in [-0.1, -0.05) is 17.8 Å². The van der Waals surface area contributed by atoms with Gasteiger partial charge in [-0.15, -0.1) is 0 Å². The van der Waals surface area contributed by atoms with Crippen LogP contribution in [0, 0.1) is 6.92 Å². The summed E-state index contributed by atoms with van der Waals surface area (Å²) in [7, 11) is 0. The predicted octanol–water partition coefficient (Wildman–Crippen LogP) is 0.804. The van der Waals surface area contributed by atoms with Gasteiger partial charge in [-0.3, -0.25) is 14.4 Å². The number of aryl methyl sites for hydroxylation is 1. The van der Waals surface area contributed by atoms with E-state index in [2.05, 4.69) is 5.32 Å². The molecule has 7 heteroatoms. The largest absolute Gasteiger partial charge is 0.389 e. The SMILES string of the molecule is CC(=O)SCC(O)C(O)c1c(C)ccc2c1C(=O)C(=O)N2. The fourth-order valence-electron chi connectivity index (χ4n) is 2.23. The van der Waals surface area contributed by atoms with Crippen molar-refractivity contribution >= 4 is 34.3 Å². The van der Waals surface area contributed by atoms with Crippen LogP contribution in [0.25, 0.3) is 0 Å². The molecule has 6 nitrogen and oxygen atoms in total. The van der Waals surface area contributed by atoms with Crippen molar-refractivity contribution in [2.75, 3.05) is 11.1 Å². The van der Waals surface area contributed by atoms with E-state index in [1.54, 1.807) is 19.1 Å². The van der Waals surface area contributed by atoms with Crippen LogP contribution in [0.2, 0.25) is 0 Å². The molecule has 2 unspecified atom stereocenters. The van der Waals surface area contributed by atoms with Crippen molar-refractivity contribution in [3.8, 4) is 0 Å². The molecule has 0 saturated heterocycles. The lowest BCUT2D eigenvalue weighted by atomic mass is 9.92. The number of thioether (sulfide) groups is 1. The van der Waals surface area contributed by atoms with E-state index in [0.717, 1.165) is 11.8 Å². The summed E-state index contributed by atoms with van der Waals surface area (Å²) >= 11 is 0.886. The zero-order valence-corrected chi connectivity index (χ0v) is 12.4. The maximum atomic E-state index is 11.9. The smallest absolute Gasteiger partial charge is 0.296 e. The van der Waals surface area contributed by atoms with Crippen LogP contribution < -0.4 is 5.32 Å². The summed E-state index contributed by atoms with van der Waals surface area (Å²) in [6.07, 6.45) is -2.56. The molecule has 3 N–H and O–H groups in total. The Kier molecular flexibility index (Phi) is 4.46. The highest BCUT2D eigenvalue weighted by atomic mass is 32.2. The van der Waals surface area contributed by atoms with E-state index in [1.165, 1.54) is 6.92 Å². The summed E-state index contributed by atoms with van der Waals surface area (Å²) in [4.78, 5) is 34.3. The first-order valence-electron chi connectivity index (χ1n) is 6.31. The molecule has 1 heterocycles. The summed E-state index contributed by atoms with van der Waals surface area (Å²) in [6, 6.07) is 3.24. The number of aliphatic hydroxyl groups is 2. The number of fused-ring (bicyclic) bond motifs is 1. The Hall–Kier alpha value is -1.70. The topological polar surface area (TPSA) is 104 Å². The second-order valence-corrected chi connectivity index (χ2v) is 6.01. The van der Waals surface area contributed by atoms with Crippen molar-refractivity contribution in [3.63, 3.8) is 0 Å². The second-order valence-electron chi connectivity index (χ2n) is 4.82. The number of aliphatic hydroxyl groups excluding tert-OH is 2. The third-order valence-electron chi connectivity index (χ3n) is 3.26. The monoisotopic (exact) mass is 309 g/mol. The highest BCUT2D eigenvalue weighted by Gasteiger charge is 2.35. The van der Waals surface area contributed by atoms with Gasteiger partial charge >= 0.3 is 0 Å². The molecular weight excluding hydrogens is 294 g/mol. The zero-order chi connectivity index (χ0) is 15.7. The van der Waals surface area contributed by atoms with Crippen LogP contribution >= 0.6 is 11.8 Å². The van der Waals surface area contributed by atoms with E-state index in [4.69, 9.17) is 0 Å². The van der Waals surface area contributed by atoms with Crippen LogP contribution in [0.3, 0.4) is 0 Å². The molecule has 1 aromatic carbocycles. The number of amides is 1. The van der Waals surface area contributed by atoms with Gasteiger partial charge in [0.05, 0.1) is 17.4 Å². The fraction of sp³-hybridized carbons (Fsp3) is 0.357. The summed E-state index contributed by atoms with van der Waals surface area (Å²) in [6.45, 7) is 3.04. The first-order chi connectivity index (χ1) is 9.82. The minimum Gasteiger partial charge on any atom is -0.389 e. The molecule has 0 saturated carbocycles. The molecular formula is C14H15NO5S. The van der Waals surface area contributed by atoms with Crippen molar-refractivity contribution < 1.29 is 24.6 Å². The second kappa shape index (κ2) is 5.97. The Bertz CT molecular complexity index is 628. The van der Waals surface area contributed by atoms with Crippen LogP contribution in [-0.4, -0.2) is 38.9 Å². The summed E-state index contributed by atoms with van der Waals surface area (Å²) in [5.41, 5.74) is 1.25. The number of ketones is 1. The third-order valence-corrected chi connectivity index (χ3v) is 4.18. The number of Topliss-reactive ketones (excluding diaryl/α,β-unsaturated/α-hetero) is 1. The van der Waals surface area contributed by atoms with Crippen molar-refractivity contribution in [1.82, 2.24) is 0 Å². The average Bonchev–Trinajstić information content (AvgIpc) is 2.71. The van der Waals surface area contributed by atoms with E-state index in [9.17, 15) is 24.6 Å². The first-order valence-corrected chi connectivity index (χ1v) is 7.30. The molecule has 1 aromatic rings. The minimum atomic E-state index is -1.34. The lowest BCUT2D eigenvalue weighted by Crippen LogP contribution is -2.24. The van der Waals surface area contributed by atoms with Gasteiger partial charge in [-0.05, 0) is 24.1 Å². The van der Waals surface area contributed by atoms with Gasteiger partial charge in [0, 0.05) is 12.7 Å². The van der Waals surface area contributed by atoms with Gasteiger partial charge in [-0.2, -0.15) is 0 Å². The molecule has 2 atom stereocenters. The molecule has 0 fully saturated rings. The van der Waals surface area contributed by atoms with E-state index in [1.807, 2.05) is 0 Å². The molecule has 112 valence electrons. The Morgan fingerprint density at radius 1 is 1.33 bits per heavy atom. The lowest BCUT2D eigenvalue weighted by molar-refractivity contribution is -0.112. The molecule has 0 radical (unpaired) electrons. The number of rotatable bonds is 4. The number of hydrogen-bond acceptors (Lipinski definition) is 6. The quantitative estimate of drug-likeness (QED) is 0.711. The maximum absolute atomic E-state index is 11.9. The summed E-state index contributed by atoms with van der Waals surface area (Å²) < 4.78 is 0. The number of hydrogen-bond donors (Lipinski definition) is 3. The van der Waals surface area contributed by atoms with Gasteiger partial charge in [-0.25, -0.2) is 0 Å². The first kappa shape index (κ1) is 15.7. The maximum Gasteiger partial charge on any atom is 0.296 e. The van der Waals surface area contributed by atoms with E-state index < -0.39 is 23.9 Å². The van der Waals surface area contributed by atoms with Crippen molar-refractivity contribution in [2.24, 2.45) is 0 Å². The van der Waals surface area contributed by atoms with Crippen molar-refractivity contribution in [2.45, 2.75) is 26.1 Å². The number of anilines is 1. The van der Waals surface area contributed by atoms with Crippen LogP contribution in [0.5, 0.6) is 0 Å². The van der Waals surface area contributed by atoms with Crippen molar-refractivity contribution in [3.05, 3.63) is 28.8 Å². The minimum absolute atomic E-state index is 0.00910. The number of benzene rings is 1. The van der Waals surface area contributed by atoms with E-state index >= 15 is 0 Å². The molecule has 1 amide bonds. The molecule has 0 spiro atoms. The number of carbonyl (C=O) groups excluding carboxylic acids is 3. The van der Waals surface area contributed by atoms with Gasteiger partial charge in [0.15, 0.2) is 5.12 Å². The van der Waals surface area contributed by atoms with Crippen LogP contribution in [-0.2, 0) is 9.59 Å².